The molecular formula is C24H17ClN4O3S. The Kier molecular flexibility index (Phi) is 5.85. The predicted molar refractivity (Wildman–Crippen MR) is 128 cm³/mol. The van der Waals surface area contributed by atoms with Gasteiger partial charge in [0.15, 0.2) is 11.0 Å². The first kappa shape index (κ1) is 21.2. The molecule has 0 saturated heterocycles. The lowest BCUT2D eigenvalue weighted by molar-refractivity contribution is 0.414. The van der Waals surface area contributed by atoms with E-state index in [1.54, 1.807) is 25.6 Å². The first-order chi connectivity index (χ1) is 16.1. The Morgan fingerprint density at radius 2 is 1.82 bits per heavy atom. The van der Waals surface area contributed by atoms with Crippen LogP contribution < -0.4 is 10.4 Å². The summed E-state index contributed by atoms with van der Waals surface area (Å²) in [6.07, 6.45) is 3.43. The number of halogens is 1. The van der Waals surface area contributed by atoms with Crippen LogP contribution in [0.1, 0.15) is 5.56 Å². The molecule has 0 N–H and O–H groups in total. The van der Waals surface area contributed by atoms with Crippen LogP contribution in [0.5, 0.6) is 5.75 Å². The monoisotopic (exact) mass is 476 g/mol. The van der Waals surface area contributed by atoms with E-state index in [1.807, 2.05) is 53.1 Å². The molecule has 0 saturated carbocycles. The molecule has 0 spiro atoms. The van der Waals surface area contributed by atoms with Crippen LogP contribution in [0.2, 0.25) is 5.02 Å². The zero-order valence-electron chi connectivity index (χ0n) is 17.4. The number of thioether (sulfide) groups is 1. The average Bonchev–Trinajstić information content (AvgIpc) is 3.27. The summed E-state index contributed by atoms with van der Waals surface area (Å²) in [4.78, 5) is 16.2. The molecule has 7 nitrogen and oxygen atoms in total. The minimum Gasteiger partial charge on any atom is -0.497 e. The van der Waals surface area contributed by atoms with Gasteiger partial charge >= 0.3 is 5.63 Å². The van der Waals surface area contributed by atoms with Crippen LogP contribution in [0.4, 0.5) is 0 Å². The summed E-state index contributed by atoms with van der Waals surface area (Å²) in [5.41, 5.74) is 2.67. The number of methoxy groups -OCH3 is 1. The van der Waals surface area contributed by atoms with Crippen LogP contribution in [0.15, 0.2) is 87.4 Å². The summed E-state index contributed by atoms with van der Waals surface area (Å²) >= 11 is 7.58. The number of aromatic nitrogens is 4. The average molecular weight is 477 g/mol. The van der Waals surface area contributed by atoms with E-state index in [4.69, 9.17) is 20.8 Å². The van der Waals surface area contributed by atoms with Gasteiger partial charge in [-0.25, -0.2) is 4.79 Å². The summed E-state index contributed by atoms with van der Waals surface area (Å²) in [6, 6.07) is 18.2. The zero-order valence-corrected chi connectivity index (χ0v) is 19.0. The topological polar surface area (TPSA) is 83.0 Å². The zero-order chi connectivity index (χ0) is 22.8. The number of hydrogen-bond acceptors (Lipinski definition) is 7. The van der Waals surface area contributed by atoms with Crippen molar-refractivity contribution in [1.29, 1.82) is 0 Å². The minimum absolute atomic E-state index is 0.414. The molecule has 5 rings (SSSR count). The molecule has 3 heterocycles. The molecule has 0 fully saturated rings. The quantitative estimate of drug-likeness (QED) is 0.240. The van der Waals surface area contributed by atoms with E-state index in [2.05, 4.69) is 15.2 Å². The third kappa shape index (κ3) is 4.35. The van der Waals surface area contributed by atoms with Crippen molar-refractivity contribution in [3.05, 3.63) is 94.1 Å². The van der Waals surface area contributed by atoms with Crippen molar-refractivity contribution in [2.75, 3.05) is 7.11 Å². The highest BCUT2D eigenvalue weighted by Gasteiger charge is 2.17. The van der Waals surface area contributed by atoms with E-state index >= 15 is 0 Å². The summed E-state index contributed by atoms with van der Waals surface area (Å²) in [5, 5.41) is 11.0. The van der Waals surface area contributed by atoms with Crippen molar-refractivity contribution < 1.29 is 9.15 Å². The van der Waals surface area contributed by atoms with Gasteiger partial charge in [0.05, 0.1) is 7.11 Å². The fourth-order valence-corrected chi connectivity index (χ4v) is 4.54. The van der Waals surface area contributed by atoms with Crippen LogP contribution in [0.25, 0.3) is 28.0 Å². The van der Waals surface area contributed by atoms with Gasteiger partial charge in [0.25, 0.3) is 0 Å². The molecular weight excluding hydrogens is 460 g/mol. The van der Waals surface area contributed by atoms with E-state index in [0.29, 0.717) is 33.1 Å². The van der Waals surface area contributed by atoms with Gasteiger partial charge in [0.1, 0.15) is 11.3 Å². The van der Waals surface area contributed by atoms with Gasteiger partial charge < -0.3 is 9.15 Å². The molecule has 0 aliphatic heterocycles. The van der Waals surface area contributed by atoms with Gasteiger partial charge in [-0.3, -0.25) is 9.55 Å². The standard InChI is InChI=1S/C24H17ClN4O3S/c1-31-19-6-7-20-16(12-22(30)32-21(20)13-19)14-33-24-28-27-23(15-8-10-26-11-9-15)29(24)18-4-2-17(25)3-5-18/h2-13H,14H2,1H3. The Morgan fingerprint density at radius 1 is 1.03 bits per heavy atom. The second-order valence-corrected chi connectivity index (χ2v) is 8.47. The van der Waals surface area contributed by atoms with Crippen LogP contribution in [-0.2, 0) is 5.75 Å². The highest BCUT2D eigenvalue weighted by Crippen LogP contribution is 2.32. The van der Waals surface area contributed by atoms with Gasteiger partial charge in [0, 0.05) is 51.9 Å². The van der Waals surface area contributed by atoms with Crippen molar-refractivity contribution in [3.8, 4) is 22.8 Å². The third-order valence-electron chi connectivity index (χ3n) is 5.05. The summed E-state index contributed by atoms with van der Waals surface area (Å²) in [7, 11) is 1.57. The fraction of sp³-hybridized carbons (Fsp3) is 0.0833. The molecule has 164 valence electrons. The van der Waals surface area contributed by atoms with E-state index in [9.17, 15) is 4.79 Å². The van der Waals surface area contributed by atoms with E-state index < -0.39 is 5.63 Å². The van der Waals surface area contributed by atoms with Crippen LogP contribution >= 0.6 is 23.4 Å². The first-order valence-electron chi connectivity index (χ1n) is 9.98. The number of fused-ring (bicyclic) bond motifs is 1. The molecule has 0 atom stereocenters. The van der Waals surface area contributed by atoms with Crippen molar-refractivity contribution in [2.24, 2.45) is 0 Å². The number of nitrogens with zero attached hydrogens (tertiary/aromatic N) is 4. The summed E-state index contributed by atoms with van der Waals surface area (Å²) in [6.45, 7) is 0. The minimum atomic E-state index is -0.414. The van der Waals surface area contributed by atoms with Crippen molar-refractivity contribution in [1.82, 2.24) is 19.7 Å². The SMILES string of the molecule is COc1ccc2c(CSc3nnc(-c4ccncc4)n3-c3ccc(Cl)cc3)cc(=O)oc2c1. The molecule has 0 bridgehead atoms. The maximum Gasteiger partial charge on any atom is 0.336 e. The normalized spacial score (nSPS) is 11.1. The van der Waals surface area contributed by atoms with Crippen LogP contribution in [0, 0.1) is 0 Å². The Balaban J connectivity index is 1.55. The Morgan fingerprint density at radius 3 is 2.58 bits per heavy atom. The highest BCUT2D eigenvalue weighted by molar-refractivity contribution is 7.98. The van der Waals surface area contributed by atoms with E-state index in [1.165, 1.54) is 17.8 Å². The number of hydrogen-bond donors (Lipinski definition) is 0. The van der Waals surface area contributed by atoms with Gasteiger partial charge in [-0.05, 0) is 54.1 Å². The first-order valence-corrected chi connectivity index (χ1v) is 11.3. The molecule has 0 unspecified atom stereocenters. The molecule has 9 heteroatoms. The molecule has 3 aromatic heterocycles. The smallest absolute Gasteiger partial charge is 0.336 e. The predicted octanol–water partition coefficient (Wildman–Crippen LogP) is 5.39. The van der Waals surface area contributed by atoms with Crippen LogP contribution in [0.3, 0.4) is 0 Å². The largest absolute Gasteiger partial charge is 0.497 e. The summed E-state index contributed by atoms with van der Waals surface area (Å²) < 4.78 is 12.6. The third-order valence-corrected chi connectivity index (χ3v) is 6.28. The van der Waals surface area contributed by atoms with Gasteiger partial charge in [-0.2, -0.15) is 0 Å². The van der Waals surface area contributed by atoms with Gasteiger partial charge in [-0.15, -0.1) is 10.2 Å². The fourth-order valence-electron chi connectivity index (χ4n) is 3.47. The van der Waals surface area contributed by atoms with Crippen molar-refractivity contribution >= 4 is 34.3 Å². The Bertz CT molecular complexity index is 1480. The lowest BCUT2D eigenvalue weighted by Crippen LogP contribution is -2.02. The number of rotatable bonds is 6. The van der Waals surface area contributed by atoms with Crippen LogP contribution in [-0.4, -0.2) is 26.9 Å². The van der Waals surface area contributed by atoms with Gasteiger partial charge in [0.2, 0.25) is 0 Å². The molecule has 33 heavy (non-hydrogen) atoms. The summed E-state index contributed by atoms with van der Waals surface area (Å²) in [5.74, 6) is 1.81. The van der Waals surface area contributed by atoms with Crippen molar-refractivity contribution in [3.63, 3.8) is 0 Å². The lowest BCUT2D eigenvalue weighted by atomic mass is 10.1. The second-order valence-electron chi connectivity index (χ2n) is 7.10. The molecule has 0 aliphatic carbocycles. The highest BCUT2D eigenvalue weighted by atomic mass is 35.5. The molecule has 0 aliphatic rings. The maximum atomic E-state index is 12.2. The molecule has 0 radical (unpaired) electrons. The number of pyridine rings is 1. The number of benzene rings is 2. The van der Waals surface area contributed by atoms with E-state index in [0.717, 1.165) is 22.2 Å². The van der Waals surface area contributed by atoms with E-state index in [-0.39, 0.29) is 0 Å². The Labute approximate surface area is 198 Å². The second kappa shape index (κ2) is 9.09. The molecule has 2 aromatic carbocycles. The molecule has 5 aromatic rings. The maximum absolute atomic E-state index is 12.2. The molecule has 0 amide bonds. The van der Waals surface area contributed by atoms with Gasteiger partial charge in [-0.1, -0.05) is 23.4 Å². The Hall–Kier alpha value is -3.62. The van der Waals surface area contributed by atoms with Crippen molar-refractivity contribution in [2.45, 2.75) is 10.9 Å². The number of ether oxygens (including phenoxy) is 1. The lowest BCUT2D eigenvalue weighted by Gasteiger charge is -2.11.